The summed E-state index contributed by atoms with van der Waals surface area (Å²) in [6.45, 7) is 5.78. The second kappa shape index (κ2) is 10.1. The first kappa shape index (κ1) is 23.5. The molecule has 0 atom stereocenters. The van der Waals surface area contributed by atoms with Gasteiger partial charge in [0.2, 0.25) is 0 Å². The monoisotopic (exact) mass is 472 g/mol. The summed E-state index contributed by atoms with van der Waals surface area (Å²) in [4.78, 5) is 21.1. The number of carboxylic acids is 1. The molecule has 2 N–H and O–H groups in total. The molecular formula is C24H32N4O4S. The molecule has 178 valence electrons. The largest absolute Gasteiger partial charge is 0.478 e. The maximum Gasteiger partial charge on any atom is 0.339 e. The number of pyridine rings is 1. The molecule has 0 bridgehead atoms. The molecule has 1 aromatic heterocycles. The standard InChI is InChI=1S/C24H32N4O4S/c1-2-18-6-8-21(9-7-18)33(31,32)26-19-16-22(24(29)30)23(25-17-19)28-14-10-20(11-15-28)27-12-4-3-5-13-27/h6-9,16-17,20,26H,2-5,10-15H2,1H3,(H,29,30). The fourth-order valence-corrected chi connectivity index (χ4v) is 5.80. The van der Waals surface area contributed by atoms with Gasteiger partial charge in [0.1, 0.15) is 11.4 Å². The molecule has 0 spiro atoms. The highest BCUT2D eigenvalue weighted by atomic mass is 32.2. The van der Waals surface area contributed by atoms with Gasteiger partial charge in [0.15, 0.2) is 0 Å². The quantitative estimate of drug-likeness (QED) is 0.635. The zero-order chi connectivity index (χ0) is 23.4. The molecule has 2 aliphatic heterocycles. The van der Waals surface area contributed by atoms with Gasteiger partial charge in [-0.1, -0.05) is 25.5 Å². The van der Waals surface area contributed by atoms with Gasteiger partial charge in [-0.15, -0.1) is 0 Å². The molecule has 4 rings (SSSR count). The van der Waals surface area contributed by atoms with E-state index in [0.717, 1.165) is 51.0 Å². The van der Waals surface area contributed by atoms with Crippen molar-refractivity contribution in [3.8, 4) is 0 Å². The smallest absolute Gasteiger partial charge is 0.339 e. The van der Waals surface area contributed by atoms with Gasteiger partial charge in [0, 0.05) is 19.1 Å². The third kappa shape index (κ3) is 5.47. The van der Waals surface area contributed by atoms with Crippen molar-refractivity contribution in [1.82, 2.24) is 9.88 Å². The minimum absolute atomic E-state index is 0.00736. The molecule has 0 radical (unpaired) electrons. The average molecular weight is 473 g/mol. The van der Waals surface area contributed by atoms with Crippen LogP contribution in [0.25, 0.3) is 0 Å². The number of benzene rings is 1. The lowest BCUT2D eigenvalue weighted by molar-refractivity contribution is 0.0697. The van der Waals surface area contributed by atoms with E-state index in [1.807, 2.05) is 11.8 Å². The second-order valence-corrected chi connectivity index (χ2v) is 10.5. The zero-order valence-electron chi connectivity index (χ0n) is 19.0. The van der Waals surface area contributed by atoms with Gasteiger partial charge in [0.25, 0.3) is 10.0 Å². The molecule has 2 aliphatic rings. The number of hydrogen-bond donors (Lipinski definition) is 2. The Bertz CT molecular complexity index is 1070. The number of aromatic carboxylic acids is 1. The molecule has 3 heterocycles. The van der Waals surface area contributed by atoms with Crippen LogP contribution in [0.4, 0.5) is 11.5 Å². The van der Waals surface area contributed by atoms with Crippen molar-refractivity contribution in [2.24, 2.45) is 0 Å². The first-order valence-corrected chi connectivity index (χ1v) is 13.2. The maximum absolute atomic E-state index is 12.8. The van der Waals surface area contributed by atoms with Crippen LogP contribution in [0.2, 0.25) is 0 Å². The summed E-state index contributed by atoms with van der Waals surface area (Å²) >= 11 is 0. The van der Waals surface area contributed by atoms with Crippen molar-refractivity contribution in [2.75, 3.05) is 35.8 Å². The maximum atomic E-state index is 12.8. The molecule has 2 saturated heterocycles. The van der Waals surface area contributed by atoms with Crippen molar-refractivity contribution in [2.45, 2.75) is 56.4 Å². The Balaban J connectivity index is 1.48. The summed E-state index contributed by atoms with van der Waals surface area (Å²) in [6.07, 6.45) is 7.98. The lowest BCUT2D eigenvalue weighted by atomic mass is 9.99. The number of anilines is 2. The van der Waals surface area contributed by atoms with Gasteiger partial charge in [0.05, 0.1) is 16.8 Å². The third-order valence-corrected chi connectivity index (χ3v) is 8.06. The summed E-state index contributed by atoms with van der Waals surface area (Å²) in [5.41, 5.74) is 1.18. The van der Waals surface area contributed by atoms with Crippen LogP contribution in [0.5, 0.6) is 0 Å². The number of piperidine rings is 2. The van der Waals surface area contributed by atoms with E-state index in [2.05, 4.69) is 14.6 Å². The van der Waals surface area contributed by atoms with Crippen LogP contribution in [0.3, 0.4) is 0 Å². The molecule has 2 aromatic rings. The number of sulfonamides is 1. The van der Waals surface area contributed by atoms with Gasteiger partial charge in [-0.3, -0.25) is 4.72 Å². The molecule has 0 saturated carbocycles. The first-order chi connectivity index (χ1) is 15.9. The second-order valence-electron chi connectivity index (χ2n) is 8.82. The van der Waals surface area contributed by atoms with Crippen molar-refractivity contribution in [1.29, 1.82) is 0 Å². The lowest BCUT2D eigenvalue weighted by Gasteiger charge is -2.40. The number of aromatic nitrogens is 1. The molecule has 9 heteroatoms. The Kier molecular flexibility index (Phi) is 7.19. The molecule has 1 aromatic carbocycles. The molecule has 0 amide bonds. The Morgan fingerprint density at radius 3 is 2.36 bits per heavy atom. The van der Waals surface area contributed by atoms with Crippen LogP contribution in [0.15, 0.2) is 41.4 Å². The molecule has 0 aliphatic carbocycles. The van der Waals surface area contributed by atoms with Crippen molar-refractivity contribution < 1.29 is 18.3 Å². The fourth-order valence-electron chi connectivity index (χ4n) is 4.77. The number of hydrogen-bond acceptors (Lipinski definition) is 6. The third-order valence-electron chi connectivity index (χ3n) is 6.66. The van der Waals surface area contributed by atoms with E-state index in [1.54, 1.807) is 24.3 Å². The summed E-state index contributed by atoms with van der Waals surface area (Å²) < 4.78 is 28.0. The minimum Gasteiger partial charge on any atom is -0.478 e. The first-order valence-electron chi connectivity index (χ1n) is 11.7. The predicted octanol–water partition coefficient (Wildman–Crippen LogP) is 3.60. The SMILES string of the molecule is CCc1ccc(S(=O)(=O)Nc2cnc(N3CCC(N4CCCCC4)CC3)c(C(=O)O)c2)cc1. The molecule has 8 nitrogen and oxygen atoms in total. The topological polar surface area (TPSA) is 103 Å². The van der Waals surface area contributed by atoms with Crippen LogP contribution in [-0.4, -0.2) is 61.6 Å². The number of nitrogens with one attached hydrogen (secondary N) is 1. The van der Waals surface area contributed by atoms with E-state index < -0.39 is 16.0 Å². The Labute approximate surface area is 195 Å². The van der Waals surface area contributed by atoms with Crippen LogP contribution in [-0.2, 0) is 16.4 Å². The Morgan fingerprint density at radius 2 is 1.76 bits per heavy atom. The van der Waals surface area contributed by atoms with Crippen LogP contribution >= 0.6 is 0 Å². The highest BCUT2D eigenvalue weighted by molar-refractivity contribution is 7.92. The molecule has 33 heavy (non-hydrogen) atoms. The number of likely N-dealkylation sites (tertiary alicyclic amines) is 1. The molecule has 0 unspecified atom stereocenters. The van der Waals surface area contributed by atoms with Crippen LogP contribution in [0, 0.1) is 0 Å². The van der Waals surface area contributed by atoms with Crippen LogP contribution in [0.1, 0.15) is 54.9 Å². The zero-order valence-corrected chi connectivity index (χ0v) is 19.9. The lowest BCUT2D eigenvalue weighted by Crippen LogP contribution is -2.47. The number of carbonyl (C=O) groups is 1. The minimum atomic E-state index is -3.84. The fraction of sp³-hybridized carbons (Fsp3) is 0.500. The van der Waals surface area contributed by atoms with Gasteiger partial charge in [-0.05, 0) is 69.0 Å². The van der Waals surface area contributed by atoms with Crippen LogP contribution < -0.4 is 9.62 Å². The van der Waals surface area contributed by atoms with Gasteiger partial charge in [-0.2, -0.15) is 0 Å². The van der Waals surface area contributed by atoms with E-state index in [9.17, 15) is 18.3 Å². The highest BCUT2D eigenvalue weighted by Crippen LogP contribution is 2.28. The van der Waals surface area contributed by atoms with Crippen molar-refractivity contribution in [3.63, 3.8) is 0 Å². The molecule has 2 fully saturated rings. The Morgan fingerprint density at radius 1 is 1.09 bits per heavy atom. The van der Waals surface area contributed by atoms with Crippen molar-refractivity contribution in [3.05, 3.63) is 47.7 Å². The summed E-state index contributed by atoms with van der Waals surface area (Å²) in [7, 11) is -3.84. The van der Waals surface area contributed by atoms with Crippen molar-refractivity contribution >= 4 is 27.5 Å². The van der Waals surface area contributed by atoms with E-state index >= 15 is 0 Å². The number of carboxylic acid groups (broad SMARTS) is 1. The number of rotatable bonds is 7. The normalized spacial score (nSPS) is 18.3. The predicted molar refractivity (Wildman–Crippen MR) is 128 cm³/mol. The number of aryl methyl sites for hydroxylation is 1. The number of nitrogens with zero attached hydrogens (tertiary/aromatic N) is 3. The van der Waals surface area contributed by atoms with E-state index in [-0.39, 0.29) is 16.1 Å². The summed E-state index contributed by atoms with van der Waals surface area (Å²) in [5.74, 6) is -0.723. The van der Waals surface area contributed by atoms with E-state index in [1.165, 1.54) is 31.5 Å². The average Bonchev–Trinajstić information content (AvgIpc) is 2.84. The van der Waals surface area contributed by atoms with Gasteiger partial charge >= 0.3 is 5.97 Å². The van der Waals surface area contributed by atoms with E-state index in [0.29, 0.717) is 11.9 Å². The van der Waals surface area contributed by atoms with Gasteiger partial charge < -0.3 is 14.9 Å². The summed E-state index contributed by atoms with van der Waals surface area (Å²) in [6, 6.07) is 8.54. The van der Waals surface area contributed by atoms with Gasteiger partial charge in [-0.25, -0.2) is 18.2 Å². The molecular weight excluding hydrogens is 440 g/mol. The highest BCUT2D eigenvalue weighted by Gasteiger charge is 2.28. The summed E-state index contributed by atoms with van der Waals surface area (Å²) in [5, 5.41) is 9.80. The van der Waals surface area contributed by atoms with E-state index in [4.69, 9.17) is 0 Å². The Hall–Kier alpha value is -2.65.